The average Bonchev–Trinajstić information content (AvgIpc) is 2.65. The Labute approximate surface area is 159 Å². The fourth-order valence-electron chi connectivity index (χ4n) is 3.27. The van der Waals surface area contributed by atoms with Gasteiger partial charge in [0.25, 0.3) is 0 Å². The molecule has 0 aromatic carbocycles. The highest BCUT2D eigenvalue weighted by atomic mass is 16.6. The molecule has 5 heteroatoms. The summed E-state index contributed by atoms with van der Waals surface area (Å²) in [5.41, 5.74) is 0. The minimum atomic E-state index is -1.00. The van der Waals surface area contributed by atoms with Crippen molar-refractivity contribution in [3.63, 3.8) is 0 Å². The maximum atomic E-state index is 9.96. The predicted molar refractivity (Wildman–Crippen MR) is 104 cm³/mol. The molecular formula is C21H40O5. The van der Waals surface area contributed by atoms with Crippen LogP contribution in [0.15, 0.2) is 12.2 Å². The molecule has 1 saturated heterocycles. The maximum absolute atomic E-state index is 9.96. The van der Waals surface area contributed by atoms with Crippen LogP contribution in [-0.4, -0.2) is 59.6 Å². The van der Waals surface area contributed by atoms with Crippen LogP contribution in [-0.2, 0) is 9.47 Å². The summed E-state index contributed by atoms with van der Waals surface area (Å²) in [4.78, 5) is 0. The number of ether oxygens (including phenoxy) is 2. The lowest BCUT2D eigenvalue weighted by molar-refractivity contribution is -0.211. The van der Waals surface area contributed by atoms with Crippen LogP contribution in [0.1, 0.15) is 77.6 Å². The van der Waals surface area contributed by atoms with E-state index in [0.717, 1.165) is 19.3 Å². The number of aliphatic hydroxyl groups is 3. The molecule has 0 amide bonds. The second kappa shape index (κ2) is 15.6. The molecule has 1 aliphatic rings. The second-order valence-corrected chi connectivity index (χ2v) is 7.32. The van der Waals surface area contributed by atoms with Crippen molar-refractivity contribution in [1.29, 1.82) is 0 Å². The zero-order valence-electron chi connectivity index (χ0n) is 16.5. The largest absolute Gasteiger partial charge is 0.394 e. The highest BCUT2D eigenvalue weighted by Gasteiger charge is 2.39. The van der Waals surface area contributed by atoms with Crippen LogP contribution in [0.4, 0.5) is 0 Å². The van der Waals surface area contributed by atoms with Crippen molar-refractivity contribution >= 4 is 0 Å². The van der Waals surface area contributed by atoms with E-state index in [2.05, 4.69) is 19.1 Å². The Bertz CT molecular complexity index is 345. The zero-order chi connectivity index (χ0) is 19.0. The third-order valence-electron chi connectivity index (χ3n) is 4.97. The van der Waals surface area contributed by atoms with E-state index in [1.165, 1.54) is 51.4 Å². The normalized spacial score (nSPS) is 26.6. The number of unbranched alkanes of at least 4 members (excludes halogenated alkanes) is 9. The molecule has 1 fully saturated rings. The van der Waals surface area contributed by atoms with Crippen molar-refractivity contribution in [2.45, 2.75) is 102 Å². The highest BCUT2D eigenvalue weighted by molar-refractivity contribution is 4.88. The van der Waals surface area contributed by atoms with E-state index in [0.29, 0.717) is 6.61 Å². The molecule has 154 valence electrons. The molecule has 26 heavy (non-hydrogen) atoms. The van der Waals surface area contributed by atoms with Crippen LogP contribution in [0.3, 0.4) is 0 Å². The van der Waals surface area contributed by atoms with E-state index in [4.69, 9.17) is 9.47 Å². The van der Waals surface area contributed by atoms with Crippen LogP contribution in [0, 0.1) is 0 Å². The molecule has 0 aliphatic carbocycles. The predicted octanol–water partition coefficient (Wildman–Crippen LogP) is 3.35. The molecule has 0 saturated carbocycles. The number of hydrogen-bond donors (Lipinski definition) is 3. The van der Waals surface area contributed by atoms with Crippen LogP contribution in [0.5, 0.6) is 0 Å². The number of hydrogen-bond acceptors (Lipinski definition) is 5. The third kappa shape index (κ3) is 10.0. The molecule has 0 radical (unpaired) electrons. The maximum Gasteiger partial charge on any atom is 0.114 e. The van der Waals surface area contributed by atoms with E-state index in [1.54, 1.807) is 0 Å². The minimum absolute atomic E-state index is 0.0354. The van der Waals surface area contributed by atoms with Gasteiger partial charge in [0.2, 0.25) is 0 Å². The molecule has 0 spiro atoms. The first kappa shape index (κ1) is 23.6. The van der Waals surface area contributed by atoms with Crippen LogP contribution < -0.4 is 0 Å². The standard InChI is InChI=1S/C21H40O5/c1-2-3-4-5-6-7-8-9-10-11-12-13-14-15-25-21-19(16-22)26-17-18(23)20(21)24/h11-12,18-24H,2-10,13-17H2,1H3/b12-11+/t18-,19+,20+,21+/m0/s1. The molecule has 4 atom stereocenters. The smallest absolute Gasteiger partial charge is 0.114 e. The van der Waals surface area contributed by atoms with Gasteiger partial charge < -0.3 is 24.8 Å². The van der Waals surface area contributed by atoms with Crippen molar-refractivity contribution < 1.29 is 24.8 Å². The lowest BCUT2D eigenvalue weighted by Gasteiger charge is -2.37. The Morgan fingerprint density at radius 2 is 1.54 bits per heavy atom. The lowest BCUT2D eigenvalue weighted by atomic mass is 10.0. The van der Waals surface area contributed by atoms with Gasteiger partial charge in [-0.1, -0.05) is 64.0 Å². The third-order valence-corrected chi connectivity index (χ3v) is 4.97. The van der Waals surface area contributed by atoms with Crippen molar-refractivity contribution in [2.24, 2.45) is 0 Å². The molecule has 3 N–H and O–H groups in total. The zero-order valence-corrected chi connectivity index (χ0v) is 16.5. The Morgan fingerprint density at radius 1 is 0.923 bits per heavy atom. The highest BCUT2D eigenvalue weighted by Crippen LogP contribution is 2.19. The van der Waals surface area contributed by atoms with Gasteiger partial charge in [-0.3, -0.25) is 0 Å². The molecule has 0 aromatic rings. The van der Waals surface area contributed by atoms with Crippen molar-refractivity contribution in [3.05, 3.63) is 12.2 Å². The first-order chi connectivity index (χ1) is 12.7. The van der Waals surface area contributed by atoms with E-state index in [-0.39, 0.29) is 13.2 Å². The summed E-state index contributed by atoms with van der Waals surface area (Å²) in [6, 6.07) is 0. The Balaban J connectivity index is 1.97. The molecule has 0 aromatic heterocycles. The quantitative estimate of drug-likeness (QED) is 0.303. The first-order valence-corrected chi connectivity index (χ1v) is 10.6. The van der Waals surface area contributed by atoms with E-state index >= 15 is 0 Å². The van der Waals surface area contributed by atoms with E-state index < -0.39 is 24.4 Å². The van der Waals surface area contributed by atoms with Gasteiger partial charge in [0.1, 0.15) is 24.4 Å². The molecule has 0 unspecified atom stereocenters. The van der Waals surface area contributed by atoms with Crippen molar-refractivity contribution in [3.8, 4) is 0 Å². The van der Waals surface area contributed by atoms with Gasteiger partial charge in [0.15, 0.2) is 0 Å². The fraction of sp³-hybridized carbons (Fsp3) is 0.905. The first-order valence-electron chi connectivity index (χ1n) is 10.6. The van der Waals surface area contributed by atoms with Crippen molar-refractivity contribution in [1.82, 2.24) is 0 Å². The Morgan fingerprint density at radius 3 is 2.19 bits per heavy atom. The Kier molecular flexibility index (Phi) is 14.1. The van der Waals surface area contributed by atoms with Gasteiger partial charge in [-0.15, -0.1) is 0 Å². The van der Waals surface area contributed by atoms with Gasteiger partial charge in [0, 0.05) is 6.61 Å². The van der Waals surface area contributed by atoms with Crippen molar-refractivity contribution in [2.75, 3.05) is 19.8 Å². The summed E-state index contributed by atoms with van der Waals surface area (Å²) in [5, 5.41) is 28.9. The van der Waals surface area contributed by atoms with Gasteiger partial charge in [-0.05, 0) is 25.7 Å². The van der Waals surface area contributed by atoms with Crippen LogP contribution >= 0.6 is 0 Å². The second-order valence-electron chi connectivity index (χ2n) is 7.32. The fourth-order valence-corrected chi connectivity index (χ4v) is 3.27. The molecular weight excluding hydrogens is 332 g/mol. The van der Waals surface area contributed by atoms with Gasteiger partial charge in [-0.25, -0.2) is 0 Å². The van der Waals surface area contributed by atoms with E-state index in [9.17, 15) is 15.3 Å². The average molecular weight is 373 g/mol. The minimum Gasteiger partial charge on any atom is -0.394 e. The van der Waals surface area contributed by atoms with Gasteiger partial charge >= 0.3 is 0 Å². The summed E-state index contributed by atoms with van der Waals surface area (Å²) in [6.07, 6.45) is 15.0. The summed E-state index contributed by atoms with van der Waals surface area (Å²) in [5.74, 6) is 0. The monoisotopic (exact) mass is 372 g/mol. The number of allylic oxidation sites excluding steroid dienone is 2. The van der Waals surface area contributed by atoms with Gasteiger partial charge in [-0.2, -0.15) is 0 Å². The summed E-state index contributed by atoms with van der Waals surface area (Å²) in [7, 11) is 0. The number of aliphatic hydroxyl groups excluding tert-OH is 3. The van der Waals surface area contributed by atoms with Gasteiger partial charge in [0.05, 0.1) is 13.2 Å². The molecule has 5 nitrogen and oxygen atoms in total. The molecule has 0 bridgehead atoms. The molecule has 1 rings (SSSR count). The SMILES string of the molecule is CCCCCCCCCC/C=C/CCCO[C@H]1[C@H](O)[C@@H](O)CO[C@@H]1CO. The van der Waals surface area contributed by atoms with Crippen LogP contribution in [0.25, 0.3) is 0 Å². The Hall–Kier alpha value is -0.460. The summed E-state index contributed by atoms with van der Waals surface area (Å²) >= 11 is 0. The topological polar surface area (TPSA) is 79.2 Å². The summed E-state index contributed by atoms with van der Waals surface area (Å²) < 4.78 is 10.9. The lowest BCUT2D eigenvalue weighted by Crippen LogP contribution is -2.55. The van der Waals surface area contributed by atoms with E-state index in [1.807, 2.05) is 0 Å². The molecule has 1 aliphatic heterocycles. The molecule has 1 heterocycles. The summed E-state index contributed by atoms with van der Waals surface area (Å²) in [6.45, 7) is 2.56. The van der Waals surface area contributed by atoms with Crippen LogP contribution in [0.2, 0.25) is 0 Å². The number of rotatable bonds is 15.